The Hall–Kier alpha value is -0.580. The Kier molecular flexibility index (Phi) is 4.38. The van der Waals surface area contributed by atoms with E-state index in [4.69, 9.17) is 0 Å². The van der Waals surface area contributed by atoms with Crippen LogP contribution in [0.25, 0.3) is 0 Å². The molecule has 2 nitrogen and oxygen atoms in total. The summed E-state index contributed by atoms with van der Waals surface area (Å²) in [5, 5.41) is 2.92. The highest BCUT2D eigenvalue weighted by Gasteiger charge is 2.07. The monoisotopic (exact) mass is 303 g/mol. The molecular weight excluding hydrogens is 289 g/mol. The van der Waals surface area contributed by atoms with Crippen LogP contribution >= 0.6 is 22.6 Å². The fraction of sp³-hybridized carbons (Fsp3) is 0.364. The van der Waals surface area contributed by atoms with E-state index in [1.807, 2.05) is 31.2 Å². The minimum Gasteiger partial charge on any atom is -0.350 e. The lowest BCUT2D eigenvalue weighted by atomic mass is 10.2. The number of carbonyl (C=O) groups excluding carboxylic acids is 1. The molecular formula is C11H14INO. The number of benzene rings is 1. The molecule has 0 aromatic heterocycles. The van der Waals surface area contributed by atoms with E-state index in [0.717, 1.165) is 15.6 Å². The summed E-state index contributed by atoms with van der Waals surface area (Å²) in [6.07, 6.45) is 0.954. The summed E-state index contributed by atoms with van der Waals surface area (Å²) in [5.74, 6) is 0.00995. The van der Waals surface area contributed by atoms with Gasteiger partial charge in [-0.1, -0.05) is 6.92 Å². The number of rotatable bonds is 3. The third-order valence-corrected chi connectivity index (χ3v) is 2.82. The lowest BCUT2D eigenvalue weighted by Crippen LogP contribution is -2.31. The first-order valence-electron chi connectivity index (χ1n) is 4.70. The molecule has 0 spiro atoms. The average Bonchev–Trinajstić information content (AvgIpc) is 2.18. The molecule has 1 unspecified atom stereocenters. The van der Waals surface area contributed by atoms with E-state index < -0.39 is 0 Å². The number of halogens is 1. The Bertz CT molecular complexity index is 308. The molecule has 3 heteroatoms. The third kappa shape index (κ3) is 3.29. The van der Waals surface area contributed by atoms with Crippen LogP contribution in [0.5, 0.6) is 0 Å². The molecule has 0 aliphatic rings. The summed E-state index contributed by atoms with van der Waals surface area (Å²) < 4.78 is 1.14. The predicted molar refractivity (Wildman–Crippen MR) is 66.4 cm³/mol. The van der Waals surface area contributed by atoms with Gasteiger partial charge in [-0.2, -0.15) is 0 Å². The standard InChI is InChI=1S/C11H14INO/c1-3-8(2)13-11(14)9-4-6-10(12)7-5-9/h4-8H,3H2,1-2H3,(H,13,14). The van der Waals surface area contributed by atoms with Crippen molar-refractivity contribution in [3.8, 4) is 0 Å². The second-order valence-corrected chi connectivity index (χ2v) is 4.54. The van der Waals surface area contributed by atoms with Gasteiger partial charge in [-0.15, -0.1) is 0 Å². The quantitative estimate of drug-likeness (QED) is 0.855. The van der Waals surface area contributed by atoms with Crippen molar-refractivity contribution in [2.45, 2.75) is 26.3 Å². The maximum atomic E-state index is 11.6. The summed E-state index contributed by atoms with van der Waals surface area (Å²) in [6.45, 7) is 4.06. The molecule has 1 aromatic rings. The van der Waals surface area contributed by atoms with Gasteiger partial charge in [0.15, 0.2) is 0 Å². The normalized spacial score (nSPS) is 12.2. The summed E-state index contributed by atoms with van der Waals surface area (Å²) in [6, 6.07) is 7.80. The van der Waals surface area contributed by atoms with Crippen molar-refractivity contribution in [2.75, 3.05) is 0 Å². The van der Waals surface area contributed by atoms with Gasteiger partial charge in [0.2, 0.25) is 0 Å². The second-order valence-electron chi connectivity index (χ2n) is 3.29. The molecule has 0 saturated carbocycles. The average molecular weight is 303 g/mol. The minimum atomic E-state index is 0.00995. The van der Waals surface area contributed by atoms with Crippen LogP contribution in [0.2, 0.25) is 0 Å². The van der Waals surface area contributed by atoms with E-state index in [1.165, 1.54) is 0 Å². The predicted octanol–water partition coefficient (Wildman–Crippen LogP) is 2.82. The van der Waals surface area contributed by atoms with E-state index >= 15 is 0 Å². The van der Waals surface area contributed by atoms with Gasteiger partial charge in [0, 0.05) is 15.2 Å². The largest absolute Gasteiger partial charge is 0.350 e. The van der Waals surface area contributed by atoms with E-state index in [-0.39, 0.29) is 11.9 Å². The van der Waals surface area contributed by atoms with Gasteiger partial charge >= 0.3 is 0 Å². The molecule has 0 radical (unpaired) electrons. The van der Waals surface area contributed by atoms with Gasteiger partial charge in [0.25, 0.3) is 5.91 Å². The Balaban J connectivity index is 2.65. The summed E-state index contributed by atoms with van der Waals surface area (Å²) in [4.78, 5) is 11.6. The summed E-state index contributed by atoms with van der Waals surface area (Å²) in [7, 11) is 0. The van der Waals surface area contributed by atoms with Gasteiger partial charge in [-0.25, -0.2) is 0 Å². The molecule has 1 atom stereocenters. The van der Waals surface area contributed by atoms with Crippen LogP contribution in [-0.2, 0) is 0 Å². The lowest BCUT2D eigenvalue weighted by Gasteiger charge is -2.10. The zero-order valence-electron chi connectivity index (χ0n) is 8.38. The molecule has 0 aliphatic heterocycles. The van der Waals surface area contributed by atoms with E-state index in [0.29, 0.717) is 0 Å². The summed E-state index contributed by atoms with van der Waals surface area (Å²) in [5.41, 5.74) is 0.728. The highest BCUT2D eigenvalue weighted by molar-refractivity contribution is 14.1. The van der Waals surface area contributed by atoms with Crippen molar-refractivity contribution in [1.29, 1.82) is 0 Å². The fourth-order valence-corrected chi connectivity index (χ4v) is 1.37. The fourth-order valence-electron chi connectivity index (χ4n) is 1.01. The molecule has 0 aliphatic carbocycles. The Morgan fingerprint density at radius 2 is 2.00 bits per heavy atom. The van der Waals surface area contributed by atoms with Crippen LogP contribution in [0.4, 0.5) is 0 Å². The Labute approximate surface area is 98.2 Å². The molecule has 1 amide bonds. The van der Waals surface area contributed by atoms with Gasteiger partial charge in [-0.3, -0.25) is 4.79 Å². The van der Waals surface area contributed by atoms with Gasteiger partial charge in [-0.05, 0) is 60.2 Å². The minimum absolute atomic E-state index is 0.00995. The van der Waals surface area contributed by atoms with Gasteiger partial charge < -0.3 is 5.32 Å². The Morgan fingerprint density at radius 1 is 1.43 bits per heavy atom. The van der Waals surface area contributed by atoms with Crippen LogP contribution in [0.15, 0.2) is 24.3 Å². The smallest absolute Gasteiger partial charge is 0.251 e. The number of amides is 1. The zero-order valence-corrected chi connectivity index (χ0v) is 10.5. The van der Waals surface area contributed by atoms with Gasteiger partial charge in [0.1, 0.15) is 0 Å². The molecule has 0 fully saturated rings. The van der Waals surface area contributed by atoms with E-state index in [1.54, 1.807) is 0 Å². The van der Waals surface area contributed by atoms with Crippen LogP contribution in [0, 0.1) is 3.57 Å². The van der Waals surface area contributed by atoms with Gasteiger partial charge in [0.05, 0.1) is 0 Å². The topological polar surface area (TPSA) is 29.1 Å². The van der Waals surface area contributed by atoms with Crippen LogP contribution < -0.4 is 5.32 Å². The first-order valence-corrected chi connectivity index (χ1v) is 5.77. The van der Waals surface area contributed by atoms with E-state index in [2.05, 4.69) is 34.8 Å². The molecule has 0 bridgehead atoms. The SMILES string of the molecule is CCC(C)NC(=O)c1ccc(I)cc1. The number of nitrogens with one attached hydrogen (secondary N) is 1. The second kappa shape index (κ2) is 5.34. The van der Waals surface area contributed by atoms with Crippen LogP contribution in [0.3, 0.4) is 0 Å². The maximum absolute atomic E-state index is 11.6. The molecule has 1 N–H and O–H groups in total. The van der Waals surface area contributed by atoms with Crippen molar-refractivity contribution in [3.05, 3.63) is 33.4 Å². The molecule has 0 saturated heterocycles. The first kappa shape index (κ1) is 11.5. The molecule has 14 heavy (non-hydrogen) atoms. The van der Waals surface area contributed by atoms with Crippen molar-refractivity contribution in [2.24, 2.45) is 0 Å². The highest BCUT2D eigenvalue weighted by Crippen LogP contribution is 2.06. The van der Waals surface area contributed by atoms with Crippen molar-refractivity contribution in [1.82, 2.24) is 5.32 Å². The van der Waals surface area contributed by atoms with E-state index in [9.17, 15) is 4.79 Å². The molecule has 76 valence electrons. The van der Waals surface area contributed by atoms with Crippen molar-refractivity contribution >= 4 is 28.5 Å². The summed E-state index contributed by atoms with van der Waals surface area (Å²) >= 11 is 2.22. The molecule has 0 heterocycles. The Morgan fingerprint density at radius 3 is 2.50 bits per heavy atom. The first-order chi connectivity index (χ1) is 6.63. The number of carbonyl (C=O) groups is 1. The van der Waals surface area contributed by atoms with Crippen LogP contribution in [0.1, 0.15) is 30.6 Å². The molecule has 1 rings (SSSR count). The lowest BCUT2D eigenvalue weighted by molar-refractivity contribution is 0.0939. The van der Waals surface area contributed by atoms with Crippen molar-refractivity contribution < 1.29 is 4.79 Å². The zero-order chi connectivity index (χ0) is 10.6. The number of hydrogen-bond acceptors (Lipinski definition) is 1. The molecule has 1 aromatic carbocycles. The third-order valence-electron chi connectivity index (χ3n) is 2.10. The number of hydrogen-bond donors (Lipinski definition) is 1. The maximum Gasteiger partial charge on any atom is 0.251 e. The highest BCUT2D eigenvalue weighted by atomic mass is 127. The van der Waals surface area contributed by atoms with Crippen molar-refractivity contribution in [3.63, 3.8) is 0 Å². The van der Waals surface area contributed by atoms with Crippen LogP contribution in [-0.4, -0.2) is 11.9 Å².